The van der Waals surface area contributed by atoms with Crippen LogP contribution in [0.1, 0.15) is 34.8 Å². The summed E-state index contributed by atoms with van der Waals surface area (Å²) in [7, 11) is 0. The number of nitrogens with one attached hydrogen (secondary N) is 1. The lowest BCUT2D eigenvalue weighted by Gasteiger charge is -2.11. The zero-order valence-corrected chi connectivity index (χ0v) is 14.2. The molecule has 6 heteroatoms. The van der Waals surface area contributed by atoms with E-state index in [-0.39, 0.29) is 5.91 Å². The Bertz CT molecular complexity index is 870. The predicted molar refractivity (Wildman–Crippen MR) is 91.6 cm³/mol. The summed E-state index contributed by atoms with van der Waals surface area (Å²) in [5.74, 6) is 0.0104. The molecular weight excluding hydrogens is 302 g/mol. The molecule has 1 amide bonds. The van der Waals surface area contributed by atoms with Crippen LogP contribution in [-0.4, -0.2) is 25.5 Å². The number of rotatable bonds is 5. The molecule has 0 atom stereocenters. The Labute approximate surface area is 141 Å². The molecule has 0 aliphatic heterocycles. The SMILES string of the molecule is Cc1cc2nc(C)c(CCC(=O)NCc3ccccn3)c(C)n2n1. The van der Waals surface area contributed by atoms with E-state index in [1.807, 2.05) is 49.6 Å². The number of hydrogen-bond acceptors (Lipinski definition) is 4. The summed E-state index contributed by atoms with van der Waals surface area (Å²) < 4.78 is 1.85. The lowest BCUT2D eigenvalue weighted by Crippen LogP contribution is -2.23. The highest BCUT2D eigenvalue weighted by molar-refractivity contribution is 5.76. The highest BCUT2D eigenvalue weighted by Gasteiger charge is 2.12. The fourth-order valence-electron chi connectivity index (χ4n) is 2.82. The van der Waals surface area contributed by atoms with Gasteiger partial charge in [0, 0.05) is 30.1 Å². The second-order valence-corrected chi connectivity index (χ2v) is 5.91. The topological polar surface area (TPSA) is 72.2 Å². The second kappa shape index (κ2) is 6.78. The third-order valence-electron chi connectivity index (χ3n) is 4.08. The smallest absolute Gasteiger partial charge is 0.220 e. The minimum absolute atomic E-state index is 0.0104. The van der Waals surface area contributed by atoms with Crippen LogP contribution in [0.2, 0.25) is 0 Å². The first-order chi connectivity index (χ1) is 11.5. The van der Waals surface area contributed by atoms with Gasteiger partial charge in [0.2, 0.25) is 5.91 Å². The molecule has 0 spiro atoms. The van der Waals surface area contributed by atoms with Gasteiger partial charge in [-0.05, 0) is 44.9 Å². The first kappa shape index (κ1) is 16.1. The molecule has 24 heavy (non-hydrogen) atoms. The van der Waals surface area contributed by atoms with E-state index in [0.717, 1.165) is 34.0 Å². The molecule has 0 saturated carbocycles. The summed E-state index contributed by atoms with van der Waals surface area (Å²) >= 11 is 0. The van der Waals surface area contributed by atoms with E-state index in [1.54, 1.807) is 6.20 Å². The number of carbonyl (C=O) groups excluding carboxylic acids is 1. The zero-order valence-electron chi connectivity index (χ0n) is 14.2. The molecule has 0 bridgehead atoms. The molecule has 0 aliphatic carbocycles. The zero-order chi connectivity index (χ0) is 17.1. The van der Waals surface area contributed by atoms with Crippen molar-refractivity contribution in [2.75, 3.05) is 0 Å². The van der Waals surface area contributed by atoms with Crippen LogP contribution in [0.3, 0.4) is 0 Å². The van der Waals surface area contributed by atoms with Gasteiger partial charge in [-0.3, -0.25) is 9.78 Å². The van der Waals surface area contributed by atoms with Gasteiger partial charge in [0.1, 0.15) is 0 Å². The van der Waals surface area contributed by atoms with Crippen molar-refractivity contribution in [3.05, 3.63) is 58.8 Å². The van der Waals surface area contributed by atoms with Crippen LogP contribution in [-0.2, 0) is 17.8 Å². The lowest BCUT2D eigenvalue weighted by atomic mass is 10.1. The van der Waals surface area contributed by atoms with Crippen molar-refractivity contribution >= 4 is 11.6 Å². The molecular formula is C18H21N5O. The van der Waals surface area contributed by atoms with Gasteiger partial charge in [-0.1, -0.05) is 6.07 Å². The number of fused-ring (bicyclic) bond motifs is 1. The number of aromatic nitrogens is 4. The second-order valence-electron chi connectivity index (χ2n) is 5.91. The van der Waals surface area contributed by atoms with Crippen molar-refractivity contribution in [1.82, 2.24) is 24.9 Å². The van der Waals surface area contributed by atoms with E-state index in [4.69, 9.17) is 0 Å². The third-order valence-corrected chi connectivity index (χ3v) is 4.08. The van der Waals surface area contributed by atoms with Crippen molar-refractivity contribution < 1.29 is 4.79 Å². The lowest BCUT2D eigenvalue weighted by molar-refractivity contribution is -0.121. The average Bonchev–Trinajstić information content (AvgIpc) is 2.94. The molecule has 3 aromatic heterocycles. The number of carbonyl (C=O) groups is 1. The van der Waals surface area contributed by atoms with Gasteiger partial charge in [-0.2, -0.15) is 5.10 Å². The number of hydrogen-bond donors (Lipinski definition) is 1. The summed E-state index contributed by atoms with van der Waals surface area (Å²) in [6.45, 7) is 6.41. The molecule has 124 valence electrons. The quantitative estimate of drug-likeness (QED) is 0.782. The monoisotopic (exact) mass is 323 g/mol. The van der Waals surface area contributed by atoms with Crippen LogP contribution in [0.5, 0.6) is 0 Å². The largest absolute Gasteiger partial charge is 0.350 e. The van der Waals surface area contributed by atoms with E-state index in [2.05, 4.69) is 20.4 Å². The fraction of sp³-hybridized carbons (Fsp3) is 0.333. The Kier molecular flexibility index (Phi) is 4.55. The van der Waals surface area contributed by atoms with E-state index in [1.165, 1.54) is 0 Å². The summed E-state index contributed by atoms with van der Waals surface area (Å²) in [6.07, 6.45) is 2.79. The molecule has 0 saturated heterocycles. The Morgan fingerprint density at radius 3 is 2.83 bits per heavy atom. The molecule has 0 aliphatic rings. The minimum Gasteiger partial charge on any atom is -0.350 e. The number of aryl methyl sites for hydroxylation is 3. The van der Waals surface area contributed by atoms with Crippen molar-refractivity contribution in [2.24, 2.45) is 0 Å². The molecule has 6 nitrogen and oxygen atoms in total. The van der Waals surface area contributed by atoms with Gasteiger partial charge in [0.15, 0.2) is 5.65 Å². The van der Waals surface area contributed by atoms with Crippen molar-refractivity contribution in [3.8, 4) is 0 Å². The van der Waals surface area contributed by atoms with E-state index in [0.29, 0.717) is 19.4 Å². The third kappa shape index (κ3) is 3.42. The maximum Gasteiger partial charge on any atom is 0.220 e. The Hall–Kier alpha value is -2.76. The van der Waals surface area contributed by atoms with Gasteiger partial charge in [0.25, 0.3) is 0 Å². The summed E-state index contributed by atoms with van der Waals surface area (Å²) in [5.41, 5.74) is 5.73. The number of amides is 1. The van der Waals surface area contributed by atoms with E-state index in [9.17, 15) is 4.79 Å². The summed E-state index contributed by atoms with van der Waals surface area (Å²) in [5, 5.41) is 7.37. The summed E-state index contributed by atoms with van der Waals surface area (Å²) in [4.78, 5) is 20.9. The van der Waals surface area contributed by atoms with Gasteiger partial charge in [0.05, 0.1) is 17.9 Å². The average molecular weight is 323 g/mol. The molecule has 0 radical (unpaired) electrons. The van der Waals surface area contributed by atoms with Crippen LogP contribution in [0.25, 0.3) is 5.65 Å². The molecule has 3 heterocycles. The Morgan fingerprint density at radius 1 is 1.25 bits per heavy atom. The van der Waals surface area contributed by atoms with E-state index >= 15 is 0 Å². The Morgan fingerprint density at radius 2 is 2.08 bits per heavy atom. The molecule has 0 unspecified atom stereocenters. The molecule has 0 aromatic carbocycles. The van der Waals surface area contributed by atoms with Crippen LogP contribution in [0.4, 0.5) is 0 Å². The van der Waals surface area contributed by atoms with Gasteiger partial charge < -0.3 is 5.32 Å². The predicted octanol–water partition coefficient (Wildman–Crippen LogP) is 2.30. The normalized spacial score (nSPS) is 11.0. The van der Waals surface area contributed by atoms with Crippen LogP contribution >= 0.6 is 0 Å². The Balaban J connectivity index is 1.65. The number of pyridine rings is 1. The van der Waals surface area contributed by atoms with E-state index < -0.39 is 0 Å². The minimum atomic E-state index is 0.0104. The molecule has 1 N–H and O–H groups in total. The molecule has 3 aromatic rings. The highest BCUT2D eigenvalue weighted by Crippen LogP contribution is 2.17. The summed E-state index contributed by atoms with van der Waals surface area (Å²) in [6, 6.07) is 7.63. The van der Waals surface area contributed by atoms with Crippen LogP contribution in [0.15, 0.2) is 30.5 Å². The van der Waals surface area contributed by atoms with Gasteiger partial charge in [-0.25, -0.2) is 9.50 Å². The van der Waals surface area contributed by atoms with Crippen LogP contribution < -0.4 is 5.32 Å². The highest BCUT2D eigenvalue weighted by atomic mass is 16.1. The van der Waals surface area contributed by atoms with Crippen molar-refractivity contribution in [3.63, 3.8) is 0 Å². The molecule has 3 rings (SSSR count). The maximum atomic E-state index is 12.1. The maximum absolute atomic E-state index is 12.1. The van der Waals surface area contributed by atoms with Gasteiger partial charge in [-0.15, -0.1) is 0 Å². The standard InChI is InChI=1S/C18H21N5O/c1-12-10-17-21-13(2)16(14(3)23(17)22-12)7-8-18(24)20-11-15-6-4-5-9-19-15/h4-6,9-10H,7-8,11H2,1-3H3,(H,20,24). The fourth-order valence-corrected chi connectivity index (χ4v) is 2.82. The molecule has 0 fully saturated rings. The number of nitrogens with zero attached hydrogens (tertiary/aromatic N) is 4. The first-order valence-electron chi connectivity index (χ1n) is 8.03. The first-order valence-corrected chi connectivity index (χ1v) is 8.03. The van der Waals surface area contributed by atoms with Crippen molar-refractivity contribution in [2.45, 2.75) is 40.2 Å². The van der Waals surface area contributed by atoms with Crippen molar-refractivity contribution in [1.29, 1.82) is 0 Å². The van der Waals surface area contributed by atoms with Gasteiger partial charge >= 0.3 is 0 Å². The van der Waals surface area contributed by atoms with Crippen LogP contribution in [0, 0.1) is 20.8 Å².